The Morgan fingerprint density at radius 2 is 1.38 bits per heavy atom. The molecular formula is C32H41N3O2. The summed E-state index contributed by atoms with van der Waals surface area (Å²) in [5.74, 6) is -0.0308. The van der Waals surface area contributed by atoms with Crippen LogP contribution in [0.2, 0.25) is 0 Å². The monoisotopic (exact) mass is 499 g/mol. The highest BCUT2D eigenvalue weighted by molar-refractivity contribution is 6.04. The Labute approximate surface area is 222 Å². The number of amides is 2. The lowest BCUT2D eigenvalue weighted by Crippen LogP contribution is -2.32. The molecule has 0 saturated heterocycles. The molecule has 0 aliphatic rings. The van der Waals surface area contributed by atoms with Gasteiger partial charge in [0.15, 0.2) is 0 Å². The third-order valence-electron chi connectivity index (χ3n) is 6.23. The van der Waals surface area contributed by atoms with E-state index in [1.54, 1.807) is 0 Å². The van der Waals surface area contributed by atoms with Gasteiger partial charge in [-0.1, -0.05) is 90.1 Å². The Bertz CT molecular complexity index is 1200. The van der Waals surface area contributed by atoms with Gasteiger partial charge in [-0.2, -0.15) is 0 Å². The van der Waals surface area contributed by atoms with Gasteiger partial charge in [-0.3, -0.25) is 9.59 Å². The zero-order valence-corrected chi connectivity index (χ0v) is 23.1. The number of nitrogens with two attached hydrogens (primary N) is 1. The summed E-state index contributed by atoms with van der Waals surface area (Å²) in [5, 5.41) is 2.97. The molecule has 0 aliphatic heterocycles. The fraction of sp³-hybridized carbons (Fsp3) is 0.375. The molecule has 5 nitrogen and oxygen atoms in total. The molecule has 3 aromatic rings. The molecule has 0 saturated carbocycles. The largest absolute Gasteiger partial charge is 0.334 e. The van der Waals surface area contributed by atoms with Crippen molar-refractivity contribution in [1.29, 1.82) is 0 Å². The second-order valence-electron chi connectivity index (χ2n) is 12.0. The van der Waals surface area contributed by atoms with Crippen LogP contribution in [-0.2, 0) is 29.8 Å². The first-order valence-corrected chi connectivity index (χ1v) is 12.9. The summed E-state index contributed by atoms with van der Waals surface area (Å²) in [6.07, 6.45) is 0.464. The lowest BCUT2D eigenvalue weighted by molar-refractivity contribution is -0.134. The van der Waals surface area contributed by atoms with E-state index in [2.05, 4.69) is 52.9 Å². The Balaban J connectivity index is 1.71. The molecule has 196 valence electrons. The van der Waals surface area contributed by atoms with Crippen molar-refractivity contribution in [3.8, 4) is 0 Å². The van der Waals surface area contributed by atoms with Crippen LogP contribution < -0.4 is 11.1 Å². The van der Waals surface area contributed by atoms with Crippen molar-refractivity contribution in [3.63, 3.8) is 0 Å². The number of rotatable bonds is 8. The van der Waals surface area contributed by atoms with Crippen LogP contribution in [0, 0.1) is 5.41 Å². The van der Waals surface area contributed by atoms with Crippen LogP contribution >= 0.6 is 0 Å². The Hall–Kier alpha value is -3.44. The first-order chi connectivity index (χ1) is 17.3. The molecule has 0 radical (unpaired) electrons. The van der Waals surface area contributed by atoms with E-state index in [9.17, 15) is 9.59 Å². The SMILES string of the molecule is CC(C)(C)CC(=O)N(Cc1ccc(NC(=O)c2ccc(C(C)(C)C)cc2)cc1)Cc1cccc(CN)c1. The maximum Gasteiger partial charge on any atom is 0.255 e. The molecule has 0 aliphatic carbocycles. The predicted octanol–water partition coefficient (Wildman–Crippen LogP) is 6.66. The zero-order chi connectivity index (χ0) is 27.2. The molecule has 3 rings (SSSR count). The summed E-state index contributed by atoms with van der Waals surface area (Å²) in [6, 6.07) is 23.5. The van der Waals surface area contributed by atoms with Gasteiger partial charge in [-0.25, -0.2) is 0 Å². The minimum Gasteiger partial charge on any atom is -0.334 e. The highest BCUT2D eigenvalue weighted by Gasteiger charge is 2.22. The van der Waals surface area contributed by atoms with Crippen LogP contribution in [0.15, 0.2) is 72.8 Å². The second kappa shape index (κ2) is 11.7. The standard InChI is InChI=1S/C32H41N3O2/c1-31(2,3)19-29(36)35(22-25-9-7-8-24(18-25)20-33)21-23-10-16-28(17-11-23)34-30(37)26-12-14-27(15-13-26)32(4,5)6/h7-18H,19-22,33H2,1-6H3,(H,34,37). The fourth-order valence-electron chi connectivity index (χ4n) is 4.11. The van der Waals surface area contributed by atoms with Crippen LogP contribution in [0.5, 0.6) is 0 Å². The first-order valence-electron chi connectivity index (χ1n) is 12.9. The predicted molar refractivity (Wildman–Crippen MR) is 152 cm³/mol. The minimum atomic E-state index is -0.144. The summed E-state index contributed by atoms with van der Waals surface area (Å²) in [5.41, 5.74) is 11.4. The van der Waals surface area contributed by atoms with E-state index in [1.165, 1.54) is 5.56 Å². The number of anilines is 1. The Morgan fingerprint density at radius 3 is 1.95 bits per heavy atom. The zero-order valence-electron chi connectivity index (χ0n) is 23.1. The van der Waals surface area contributed by atoms with Gasteiger partial charge in [0, 0.05) is 37.3 Å². The molecule has 0 atom stereocenters. The normalized spacial score (nSPS) is 11.8. The fourth-order valence-corrected chi connectivity index (χ4v) is 4.11. The van der Waals surface area contributed by atoms with Crippen molar-refractivity contribution in [3.05, 3.63) is 101 Å². The van der Waals surface area contributed by atoms with E-state index < -0.39 is 0 Å². The van der Waals surface area contributed by atoms with Crippen LogP contribution in [0.3, 0.4) is 0 Å². The Morgan fingerprint density at radius 1 is 0.784 bits per heavy atom. The average Bonchev–Trinajstić information content (AvgIpc) is 2.83. The number of hydrogen-bond acceptors (Lipinski definition) is 3. The second-order valence-corrected chi connectivity index (χ2v) is 12.0. The number of nitrogens with zero attached hydrogens (tertiary/aromatic N) is 1. The molecule has 3 N–H and O–H groups in total. The lowest BCUT2D eigenvalue weighted by Gasteiger charge is -2.27. The van der Waals surface area contributed by atoms with Crippen molar-refractivity contribution in [2.45, 2.75) is 73.0 Å². The third-order valence-corrected chi connectivity index (χ3v) is 6.23. The Kier molecular flexibility index (Phi) is 8.93. The van der Waals surface area contributed by atoms with Gasteiger partial charge in [0.05, 0.1) is 0 Å². The van der Waals surface area contributed by atoms with Gasteiger partial charge in [-0.05, 0) is 57.3 Å². The van der Waals surface area contributed by atoms with E-state index in [4.69, 9.17) is 5.73 Å². The van der Waals surface area contributed by atoms with E-state index in [1.807, 2.05) is 71.6 Å². The van der Waals surface area contributed by atoms with E-state index in [-0.39, 0.29) is 22.6 Å². The van der Waals surface area contributed by atoms with Gasteiger partial charge in [0.2, 0.25) is 5.91 Å². The molecule has 37 heavy (non-hydrogen) atoms. The molecule has 5 heteroatoms. The highest BCUT2D eigenvalue weighted by atomic mass is 16.2. The summed E-state index contributed by atoms with van der Waals surface area (Å²) in [7, 11) is 0. The maximum atomic E-state index is 13.2. The molecule has 3 aromatic carbocycles. The number of benzene rings is 3. The van der Waals surface area contributed by atoms with Crippen LogP contribution in [0.4, 0.5) is 5.69 Å². The topological polar surface area (TPSA) is 75.4 Å². The highest BCUT2D eigenvalue weighted by Crippen LogP contribution is 2.24. The number of hydrogen-bond donors (Lipinski definition) is 2. The van der Waals surface area contributed by atoms with Crippen molar-refractivity contribution in [2.24, 2.45) is 11.1 Å². The van der Waals surface area contributed by atoms with Gasteiger partial charge < -0.3 is 16.0 Å². The number of carbonyl (C=O) groups is 2. The van der Waals surface area contributed by atoms with Crippen molar-refractivity contribution in [1.82, 2.24) is 4.90 Å². The van der Waals surface area contributed by atoms with Crippen molar-refractivity contribution in [2.75, 3.05) is 5.32 Å². The van der Waals surface area contributed by atoms with Gasteiger partial charge >= 0.3 is 0 Å². The number of nitrogens with one attached hydrogen (secondary N) is 1. The summed E-state index contributed by atoms with van der Waals surface area (Å²) < 4.78 is 0. The lowest BCUT2D eigenvalue weighted by atomic mass is 9.87. The number of carbonyl (C=O) groups excluding carboxylic acids is 2. The third kappa shape index (κ3) is 8.57. The first kappa shape index (κ1) is 28.1. The van der Waals surface area contributed by atoms with Gasteiger partial charge in [-0.15, -0.1) is 0 Å². The summed E-state index contributed by atoms with van der Waals surface area (Å²) in [4.78, 5) is 27.9. The average molecular weight is 500 g/mol. The molecule has 0 aromatic heterocycles. The smallest absolute Gasteiger partial charge is 0.255 e. The van der Waals surface area contributed by atoms with Crippen LogP contribution in [0.1, 0.15) is 80.6 Å². The molecule has 0 unspecified atom stereocenters. The molecule has 2 amide bonds. The van der Waals surface area contributed by atoms with Crippen LogP contribution in [-0.4, -0.2) is 16.7 Å². The van der Waals surface area contributed by atoms with E-state index in [0.717, 1.165) is 22.4 Å². The molecule has 0 heterocycles. The van der Waals surface area contributed by atoms with Gasteiger partial charge in [0.1, 0.15) is 0 Å². The summed E-state index contributed by atoms with van der Waals surface area (Å²) >= 11 is 0. The quantitative estimate of drug-likeness (QED) is 0.364. The van der Waals surface area contributed by atoms with Crippen molar-refractivity contribution >= 4 is 17.5 Å². The molecule has 0 spiro atoms. The molecule has 0 bridgehead atoms. The van der Waals surface area contributed by atoms with Crippen LogP contribution in [0.25, 0.3) is 0 Å². The minimum absolute atomic E-state index is 0.0419. The van der Waals surface area contributed by atoms with E-state index >= 15 is 0 Å². The molecule has 0 fully saturated rings. The van der Waals surface area contributed by atoms with Crippen molar-refractivity contribution < 1.29 is 9.59 Å². The summed E-state index contributed by atoms with van der Waals surface area (Å²) in [6.45, 7) is 14.2. The maximum absolute atomic E-state index is 13.2. The van der Waals surface area contributed by atoms with Gasteiger partial charge in [0.25, 0.3) is 5.91 Å². The van der Waals surface area contributed by atoms with E-state index in [0.29, 0.717) is 31.6 Å². The molecular weight excluding hydrogens is 458 g/mol.